The van der Waals surface area contributed by atoms with Crippen LogP contribution in [0, 0.1) is 0 Å². The summed E-state index contributed by atoms with van der Waals surface area (Å²) in [6.07, 6.45) is 64.4. The minimum atomic E-state index is -0.623. The van der Waals surface area contributed by atoms with Gasteiger partial charge < -0.3 is 20.7 Å². The van der Waals surface area contributed by atoms with Crippen molar-refractivity contribution in [3.63, 3.8) is 0 Å². The molecule has 2 unspecified atom stereocenters. The molecule has 0 bridgehead atoms. The fraction of sp³-hybridized carbons (Fsp3) is 0.935. The second-order valence-electron chi connectivity index (χ2n) is 21.7. The number of nitrogens with one attached hydrogen (secondary N) is 3. The molecule has 0 saturated carbocycles. The fourth-order valence-corrected chi connectivity index (χ4v) is 12.1. The number of amides is 3. The highest BCUT2D eigenvalue weighted by Crippen LogP contribution is 2.24. The predicted molar refractivity (Wildman–Crippen MR) is 316 cm³/mol. The molecule has 2 atom stereocenters. The van der Waals surface area contributed by atoms with Crippen molar-refractivity contribution in [3.05, 3.63) is 0 Å². The van der Waals surface area contributed by atoms with Crippen molar-refractivity contribution < 1.29 is 19.2 Å². The summed E-state index contributed by atoms with van der Waals surface area (Å²) in [7, 11) is 2.97. The predicted octanol–water partition coefficient (Wildman–Crippen LogP) is 19.2. The molecule has 3 N–H and O–H groups in total. The van der Waals surface area contributed by atoms with E-state index in [1.165, 1.54) is 285 Å². The Labute approximate surface area is 450 Å². The summed E-state index contributed by atoms with van der Waals surface area (Å²) in [4.78, 5) is 51.0. The van der Waals surface area contributed by atoms with Crippen molar-refractivity contribution in [1.29, 1.82) is 0 Å². The molecule has 71 heavy (non-hydrogen) atoms. The van der Waals surface area contributed by atoms with Crippen LogP contribution in [-0.2, 0) is 19.2 Å². The van der Waals surface area contributed by atoms with Gasteiger partial charge in [-0.2, -0.15) is 0 Å². The number of aldehydes is 1. The fourth-order valence-electron chi connectivity index (χ4n) is 9.76. The van der Waals surface area contributed by atoms with Gasteiger partial charge in [-0.05, 0) is 19.3 Å². The maximum Gasteiger partial charge on any atom is 0.243 e. The molecule has 0 aromatic heterocycles. The molecule has 0 fully saturated rings. The van der Waals surface area contributed by atoms with E-state index >= 15 is 0 Å². The molecule has 0 heterocycles. The van der Waals surface area contributed by atoms with Crippen molar-refractivity contribution in [2.24, 2.45) is 0 Å². The minimum absolute atomic E-state index is 0.0606. The van der Waals surface area contributed by atoms with Crippen LogP contribution in [0.4, 0.5) is 0 Å². The molecular formula is C62H121N3O4S2. The van der Waals surface area contributed by atoms with E-state index in [-0.39, 0.29) is 17.7 Å². The van der Waals surface area contributed by atoms with Gasteiger partial charge in [-0.3, -0.25) is 14.4 Å². The van der Waals surface area contributed by atoms with Crippen LogP contribution in [0.1, 0.15) is 342 Å². The minimum Gasteiger partial charge on any atom is -0.354 e. The first-order chi connectivity index (χ1) is 35.0. The van der Waals surface area contributed by atoms with Gasteiger partial charge in [-0.15, -0.1) is 0 Å². The number of carbonyl (C=O) groups excluding carboxylic acids is 4. The molecule has 420 valence electrons. The summed E-state index contributed by atoms with van der Waals surface area (Å²) in [5.74, 6) is 0.591. The lowest BCUT2D eigenvalue weighted by Gasteiger charge is -2.19. The normalized spacial score (nSPS) is 12.3. The third-order valence-corrected chi connectivity index (χ3v) is 17.0. The lowest BCUT2D eigenvalue weighted by Crippen LogP contribution is -2.48. The second-order valence-corrected chi connectivity index (χ2v) is 24.3. The standard InChI is InChI=1S/C62H121N3O4S2/c1-4-7-10-13-16-19-22-24-26-28-30-32-34-36-38-40-43-46-49-52-60(67)64-58(55-66)56-70-71-57-59(62(69)63-54-51-48-45-42-21-18-15-12-9-6-3)65-61(68)53-50-47-44-41-39-37-35-33-31-29-27-25-23-20-17-14-11-8-5-2/h55,58-59H,4-54,56-57H2,1-3H3,(H,63,69)(H,64,67)(H,65,68). The number of unbranched alkanes of at least 4 members (excludes halogenated alkanes) is 45. The van der Waals surface area contributed by atoms with E-state index in [0.717, 1.165) is 51.2 Å². The van der Waals surface area contributed by atoms with Gasteiger partial charge in [0, 0.05) is 30.9 Å². The largest absolute Gasteiger partial charge is 0.354 e. The number of rotatable bonds is 60. The van der Waals surface area contributed by atoms with Crippen molar-refractivity contribution in [3.8, 4) is 0 Å². The summed E-state index contributed by atoms with van der Waals surface area (Å²) < 4.78 is 0. The molecule has 0 rings (SSSR count). The van der Waals surface area contributed by atoms with Gasteiger partial charge in [-0.1, -0.05) is 331 Å². The summed E-state index contributed by atoms with van der Waals surface area (Å²) in [6, 6.07) is -1.19. The summed E-state index contributed by atoms with van der Waals surface area (Å²) in [5.41, 5.74) is 0. The molecule has 0 spiro atoms. The maximum absolute atomic E-state index is 13.4. The Morgan fingerprint density at radius 1 is 0.338 bits per heavy atom. The van der Waals surface area contributed by atoms with Crippen molar-refractivity contribution >= 4 is 45.6 Å². The molecule has 0 aliphatic heterocycles. The third kappa shape index (κ3) is 54.9. The molecule has 0 aliphatic rings. The third-order valence-electron chi connectivity index (χ3n) is 14.6. The molecule has 0 aromatic rings. The number of hydrogen-bond acceptors (Lipinski definition) is 6. The van der Waals surface area contributed by atoms with Crippen LogP contribution < -0.4 is 16.0 Å². The van der Waals surface area contributed by atoms with E-state index in [2.05, 4.69) is 36.7 Å². The zero-order valence-corrected chi connectivity index (χ0v) is 49.3. The molecule has 3 amide bonds. The van der Waals surface area contributed by atoms with Crippen LogP contribution in [0.15, 0.2) is 0 Å². The molecule has 7 nitrogen and oxygen atoms in total. The van der Waals surface area contributed by atoms with Gasteiger partial charge in [0.15, 0.2) is 0 Å². The first kappa shape index (κ1) is 69.8. The van der Waals surface area contributed by atoms with Crippen molar-refractivity contribution in [2.75, 3.05) is 18.1 Å². The summed E-state index contributed by atoms with van der Waals surface area (Å²) >= 11 is 0. The SMILES string of the molecule is CCCCCCCCCCCCCCCCCCCCCC(=O)NC(C=O)CSSCC(NC(=O)CCCCCCCCCCCCCCCCCCCCC)C(=O)NCCCCCCCCCCCC. The number of carbonyl (C=O) groups is 4. The van der Waals surface area contributed by atoms with E-state index < -0.39 is 12.1 Å². The van der Waals surface area contributed by atoms with Gasteiger partial charge in [0.25, 0.3) is 0 Å². The van der Waals surface area contributed by atoms with Crippen LogP contribution in [-0.4, -0.2) is 54.1 Å². The van der Waals surface area contributed by atoms with E-state index in [1.54, 1.807) is 0 Å². The van der Waals surface area contributed by atoms with Crippen LogP contribution in [0.25, 0.3) is 0 Å². The average molecular weight is 1040 g/mol. The van der Waals surface area contributed by atoms with Gasteiger partial charge >= 0.3 is 0 Å². The first-order valence-corrected chi connectivity index (χ1v) is 34.0. The smallest absolute Gasteiger partial charge is 0.243 e. The molecule has 0 saturated heterocycles. The Morgan fingerprint density at radius 3 is 0.887 bits per heavy atom. The Balaban J connectivity index is 4.32. The summed E-state index contributed by atoms with van der Waals surface area (Å²) in [6.45, 7) is 7.45. The highest BCUT2D eigenvalue weighted by atomic mass is 33.1. The van der Waals surface area contributed by atoms with Crippen molar-refractivity contribution in [2.45, 2.75) is 354 Å². The maximum atomic E-state index is 13.4. The van der Waals surface area contributed by atoms with Gasteiger partial charge in [0.1, 0.15) is 12.3 Å². The molecule has 9 heteroatoms. The van der Waals surface area contributed by atoms with E-state index in [1.807, 2.05) is 0 Å². The summed E-state index contributed by atoms with van der Waals surface area (Å²) in [5, 5.41) is 9.05. The van der Waals surface area contributed by atoms with E-state index in [9.17, 15) is 19.2 Å². The lowest BCUT2D eigenvalue weighted by atomic mass is 10.0. The monoisotopic (exact) mass is 1040 g/mol. The van der Waals surface area contributed by atoms with Gasteiger partial charge in [0.2, 0.25) is 17.7 Å². The molecule has 0 aromatic carbocycles. The second kappa shape index (κ2) is 59.7. The van der Waals surface area contributed by atoms with E-state index in [0.29, 0.717) is 30.9 Å². The topological polar surface area (TPSA) is 104 Å². The number of hydrogen-bond donors (Lipinski definition) is 3. The Bertz CT molecular complexity index is 1130. The highest BCUT2D eigenvalue weighted by molar-refractivity contribution is 8.76. The van der Waals surface area contributed by atoms with Crippen LogP contribution >= 0.6 is 21.6 Å². The quantitative estimate of drug-likeness (QED) is 0.0318. The van der Waals surface area contributed by atoms with Gasteiger partial charge in [0.05, 0.1) is 6.04 Å². The Morgan fingerprint density at radius 2 is 0.592 bits per heavy atom. The van der Waals surface area contributed by atoms with Crippen LogP contribution in [0.2, 0.25) is 0 Å². The Hall–Kier alpha value is -1.22. The lowest BCUT2D eigenvalue weighted by molar-refractivity contribution is -0.128. The molecule has 0 radical (unpaired) electrons. The zero-order valence-electron chi connectivity index (χ0n) is 47.7. The van der Waals surface area contributed by atoms with Crippen LogP contribution in [0.3, 0.4) is 0 Å². The highest BCUT2D eigenvalue weighted by Gasteiger charge is 2.21. The Kier molecular flexibility index (Phi) is 58.6. The van der Waals surface area contributed by atoms with Crippen molar-refractivity contribution in [1.82, 2.24) is 16.0 Å². The average Bonchev–Trinajstić information content (AvgIpc) is 3.37. The molecule has 0 aliphatic carbocycles. The van der Waals surface area contributed by atoms with Gasteiger partial charge in [-0.25, -0.2) is 0 Å². The molecular weight excluding hydrogens is 915 g/mol. The van der Waals surface area contributed by atoms with E-state index in [4.69, 9.17) is 0 Å². The van der Waals surface area contributed by atoms with Crippen LogP contribution in [0.5, 0.6) is 0 Å². The zero-order chi connectivity index (χ0) is 51.6. The first-order valence-electron chi connectivity index (χ1n) is 31.5.